The summed E-state index contributed by atoms with van der Waals surface area (Å²) in [5, 5.41) is 0. The van der Waals surface area contributed by atoms with Crippen molar-refractivity contribution in [2.24, 2.45) is 7.05 Å². The third kappa shape index (κ3) is 3.24. The van der Waals surface area contributed by atoms with Gasteiger partial charge in [0.25, 0.3) is 0 Å². The Kier molecular flexibility index (Phi) is 5.04. The lowest BCUT2D eigenvalue weighted by Crippen LogP contribution is -3.00. The van der Waals surface area contributed by atoms with Crippen molar-refractivity contribution in [3.05, 3.63) is 30.1 Å². The van der Waals surface area contributed by atoms with E-state index in [1.54, 1.807) is 0 Å². The molecule has 1 aliphatic heterocycles. The molecule has 1 saturated heterocycles. The van der Waals surface area contributed by atoms with Crippen molar-refractivity contribution in [1.29, 1.82) is 0 Å². The van der Waals surface area contributed by atoms with Crippen LogP contribution in [0.5, 0.6) is 0 Å². The Bertz CT molecular complexity index is 418. The van der Waals surface area contributed by atoms with Gasteiger partial charge < -0.3 is 24.0 Å². The highest BCUT2D eigenvalue weighted by Gasteiger charge is 2.28. The van der Waals surface area contributed by atoms with Crippen LogP contribution >= 0.6 is 0 Å². The molecule has 1 aromatic heterocycles. The smallest absolute Gasteiger partial charge is 0.229 e. The molecule has 0 N–H and O–H groups in total. The van der Waals surface area contributed by atoms with E-state index in [2.05, 4.69) is 0 Å². The van der Waals surface area contributed by atoms with Gasteiger partial charge in [0, 0.05) is 31.5 Å². The van der Waals surface area contributed by atoms with Gasteiger partial charge in [0.15, 0.2) is 11.9 Å². The average molecular weight is 346 g/mol. The van der Waals surface area contributed by atoms with E-state index in [0.29, 0.717) is 19.4 Å². The van der Waals surface area contributed by atoms with Crippen molar-refractivity contribution < 1.29 is 38.1 Å². The fourth-order valence-corrected chi connectivity index (χ4v) is 1.92. The van der Waals surface area contributed by atoms with Crippen molar-refractivity contribution in [2.45, 2.75) is 19.3 Å². The van der Waals surface area contributed by atoms with Gasteiger partial charge in [0.1, 0.15) is 7.05 Å². The minimum Gasteiger partial charge on any atom is -1.00 e. The Balaban J connectivity index is 0.00000144. The molecular weight excluding hydrogens is 331 g/mol. The zero-order chi connectivity index (χ0) is 11.5. The number of aryl methyl sites for hydroxylation is 1. The fourth-order valence-electron chi connectivity index (χ4n) is 1.92. The first-order chi connectivity index (χ1) is 7.68. The van der Waals surface area contributed by atoms with Crippen LogP contribution < -0.4 is 28.5 Å². The summed E-state index contributed by atoms with van der Waals surface area (Å²) in [5.41, 5.74) is 1.12. The lowest BCUT2D eigenvalue weighted by molar-refractivity contribution is -0.679. The van der Waals surface area contributed by atoms with Crippen LogP contribution in [0.4, 0.5) is 0 Å². The topological polar surface area (TPSA) is 41.3 Å². The maximum absolute atomic E-state index is 11.4. The molecule has 0 unspecified atom stereocenters. The van der Waals surface area contributed by atoms with Gasteiger partial charge in [0.05, 0.1) is 6.42 Å². The molecule has 2 heterocycles. The summed E-state index contributed by atoms with van der Waals surface area (Å²) in [4.78, 5) is 24.1. The Morgan fingerprint density at radius 1 is 1.24 bits per heavy atom. The second-order valence-electron chi connectivity index (χ2n) is 3.99. The molecule has 1 fully saturated rings. The summed E-state index contributed by atoms with van der Waals surface area (Å²) in [6.07, 6.45) is 3.43. The van der Waals surface area contributed by atoms with Crippen LogP contribution in [-0.2, 0) is 23.1 Å². The van der Waals surface area contributed by atoms with Crippen molar-refractivity contribution in [3.8, 4) is 0 Å². The van der Waals surface area contributed by atoms with Crippen molar-refractivity contribution in [3.63, 3.8) is 0 Å². The van der Waals surface area contributed by atoms with Gasteiger partial charge in [-0.1, -0.05) is 6.07 Å². The average Bonchev–Trinajstić information content (AvgIpc) is 2.58. The van der Waals surface area contributed by atoms with Crippen LogP contribution in [0, 0.1) is 0 Å². The maximum atomic E-state index is 11.4. The van der Waals surface area contributed by atoms with Crippen molar-refractivity contribution in [1.82, 2.24) is 4.90 Å². The minimum atomic E-state index is -0.0383. The standard InChI is InChI=1S/C12H15N2O2.HI/c1-13-8-3-2-4-10(13)7-9-14-11(15)5-6-12(14)16;/h2-4,8H,5-7,9H2,1H3;1H/q+1;/p-1. The van der Waals surface area contributed by atoms with Gasteiger partial charge in [-0.15, -0.1) is 0 Å². The summed E-state index contributed by atoms with van der Waals surface area (Å²) >= 11 is 0. The zero-order valence-corrected chi connectivity index (χ0v) is 11.9. The number of aromatic nitrogens is 1. The highest BCUT2D eigenvalue weighted by atomic mass is 127. The number of imide groups is 1. The van der Waals surface area contributed by atoms with Crippen LogP contribution in [0.15, 0.2) is 24.4 Å². The highest BCUT2D eigenvalue weighted by Crippen LogP contribution is 2.11. The SMILES string of the molecule is C[n+]1ccccc1CCN1C(=O)CCC1=O.[I-]. The van der Waals surface area contributed by atoms with Crippen molar-refractivity contribution >= 4 is 11.8 Å². The number of amides is 2. The van der Waals surface area contributed by atoms with Gasteiger partial charge in [0.2, 0.25) is 11.8 Å². The molecule has 2 rings (SSSR count). The Labute approximate surface area is 118 Å². The summed E-state index contributed by atoms with van der Waals surface area (Å²) < 4.78 is 2.00. The molecule has 0 aromatic carbocycles. The molecule has 2 amide bonds. The van der Waals surface area contributed by atoms with Gasteiger partial charge in [-0.3, -0.25) is 14.5 Å². The number of hydrogen-bond donors (Lipinski definition) is 0. The van der Waals surface area contributed by atoms with E-state index in [1.165, 1.54) is 4.90 Å². The molecular formula is C12H15IN2O2. The number of halogens is 1. The first kappa shape index (κ1) is 14.1. The highest BCUT2D eigenvalue weighted by molar-refractivity contribution is 6.01. The number of nitrogens with zero attached hydrogens (tertiary/aromatic N) is 2. The third-order valence-electron chi connectivity index (χ3n) is 2.91. The Morgan fingerprint density at radius 3 is 2.47 bits per heavy atom. The molecule has 0 spiro atoms. The van der Waals surface area contributed by atoms with E-state index in [0.717, 1.165) is 12.1 Å². The maximum Gasteiger partial charge on any atom is 0.229 e. The predicted octanol–water partition coefficient (Wildman–Crippen LogP) is -2.79. The first-order valence-electron chi connectivity index (χ1n) is 5.45. The molecule has 4 nitrogen and oxygen atoms in total. The second kappa shape index (κ2) is 6.09. The van der Waals surface area contributed by atoms with Gasteiger partial charge in [-0.2, -0.15) is 0 Å². The predicted molar refractivity (Wildman–Crippen MR) is 57.3 cm³/mol. The summed E-state index contributed by atoms with van der Waals surface area (Å²) in [7, 11) is 1.96. The van der Waals surface area contributed by atoms with Crippen LogP contribution in [0.1, 0.15) is 18.5 Å². The molecule has 0 atom stereocenters. The number of likely N-dealkylation sites (tertiary alicyclic amines) is 1. The molecule has 92 valence electrons. The number of carbonyl (C=O) groups is 2. The quantitative estimate of drug-likeness (QED) is 0.337. The van der Waals surface area contributed by atoms with E-state index in [4.69, 9.17) is 0 Å². The Morgan fingerprint density at radius 2 is 1.88 bits per heavy atom. The summed E-state index contributed by atoms with van der Waals surface area (Å²) in [6, 6.07) is 5.92. The number of pyridine rings is 1. The monoisotopic (exact) mass is 346 g/mol. The van der Waals surface area contributed by atoms with E-state index in [-0.39, 0.29) is 35.8 Å². The van der Waals surface area contributed by atoms with Gasteiger partial charge in [-0.25, -0.2) is 4.57 Å². The normalized spacial score (nSPS) is 15.0. The van der Waals surface area contributed by atoms with Crippen LogP contribution in [0.2, 0.25) is 0 Å². The largest absolute Gasteiger partial charge is 1.00 e. The van der Waals surface area contributed by atoms with Crippen LogP contribution in [0.25, 0.3) is 0 Å². The van der Waals surface area contributed by atoms with Gasteiger partial charge in [-0.05, 0) is 0 Å². The molecule has 0 radical (unpaired) electrons. The van der Waals surface area contributed by atoms with Crippen LogP contribution in [-0.4, -0.2) is 23.3 Å². The molecule has 0 saturated carbocycles. The second-order valence-corrected chi connectivity index (χ2v) is 3.99. The molecule has 1 aromatic rings. The van der Waals surface area contributed by atoms with E-state index >= 15 is 0 Å². The van der Waals surface area contributed by atoms with E-state index in [9.17, 15) is 9.59 Å². The Hall–Kier alpha value is -0.980. The summed E-state index contributed by atoms with van der Waals surface area (Å²) in [5.74, 6) is -0.0767. The third-order valence-corrected chi connectivity index (χ3v) is 2.91. The van der Waals surface area contributed by atoms with E-state index in [1.807, 2.05) is 36.0 Å². The number of rotatable bonds is 3. The lowest BCUT2D eigenvalue weighted by Gasteiger charge is -2.12. The minimum absolute atomic E-state index is 0. The number of carbonyl (C=O) groups excluding carboxylic acids is 2. The van der Waals surface area contributed by atoms with E-state index < -0.39 is 0 Å². The molecule has 0 bridgehead atoms. The molecule has 1 aliphatic rings. The van der Waals surface area contributed by atoms with Gasteiger partial charge >= 0.3 is 0 Å². The first-order valence-corrected chi connectivity index (χ1v) is 5.45. The van der Waals surface area contributed by atoms with Crippen molar-refractivity contribution in [2.75, 3.05) is 6.54 Å². The molecule has 0 aliphatic carbocycles. The molecule has 5 heteroatoms. The lowest BCUT2D eigenvalue weighted by atomic mass is 10.2. The zero-order valence-electron chi connectivity index (χ0n) is 9.73. The van der Waals surface area contributed by atoms with Crippen LogP contribution in [0.3, 0.4) is 0 Å². The summed E-state index contributed by atoms with van der Waals surface area (Å²) in [6.45, 7) is 0.496. The fraction of sp³-hybridized carbons (Fsp3) is 0.417. The molecule has 17 heavy (non-hydrogen) atoms. The number of hydrogen-bond acceptors (Lipinski definition) is 2.